The Labute approximate surface area is 158 Å². The second kappa shape index (κ2) is 9.38. The number of nitrogens with zero attached hydrogens (tertiary/aromatic N) is 3. The third-order valence-electron chi connectivity index (χ3n) is 3.95. The molecule has 2 rings (SSSR count). The van der Waals surface area contributed by atoms with Gasteiger partial charge in [0.25, 0.3) is 0 Å². The largest absolute Gasteiger partial charge is 0.338 e. The number of aromatic nitrogens is 3. The number of hydrogen-bond donors (Lipinski definition) is 2. The summed E-state index contributed by atoms with van der Waals surface area (Å²) < 4.78 is 2.05. The van der Waals surface area contributed by atoms with E-state index in [0.717, 1.165) is 17.8 Å². The van der Waals surface area contributed by atoms with Crippen molar-refractivity contribution in [3.8, 4) is 11.4 Å². The van der Waals surface area contributed by atoms with Crippen molar-refractivity contribution in [1.29, 1.82) is 0 Å². The number of urea groups is 1. The molecule has 0 aliphatic rings. The summed E-state index contributed by atoms with van der Waals surface area (Å²) in [6.45, 7) is 8.20. The van der Waals surface area contributed by atoms with Crippen molar-refractivity contribution in [3.63, 3.8) is 0 Å². The summed E-state index contributed by atoms with van der Waals surface area (Å²) in [5.74, 6) is 0.416. The van der Waals surface area contributed by atoms with Crippen LogP contribution in [0.5, 0.6) is 0 Å². The van der Waals surface area contributed by atoms with Gasteiger partial charge >= 0.3 is 6.03 Å². The minimum Gasteiger partial charge on any atom is -0.338 e. The number of hydrogen-bond acceptors (Lipinski definition) is 5. The van der Waals surface area contributed by atoms with E-state index in [0.29, 0.717) is 11.7 Å². The quantitative estimate of drug-likeness (QED) is 0.725. The summed E-state index contributed by atoms with van der Waals surface area (Å²) in [6, 6.07) is 9.54. The number of carbonyl (C=O) groups is 2. The van der Waals surface area contributed by atoms with E-state index in [4.69, 9.17) is 0 Å². The van der Waals surface area contributed by atoms with Gasteiger partial charge in [0.05, 0.1) is 5.25 Å². The maximum Gasteiger partial charge on any atom is 0.321 e. The van der Waals surface area contributed by atoms with Gasteiger partial charge in [0.15, 0.2) is 11.0 Å². The molecule has 2 N–H and O–H groups in total. The molecule has 0 aliphatic carbocycles. The Morgan fingerprint density at radius 2 is 1.85 bits per heavy atom. The van der Waals surface area contributed by atoms with E-state index in [1.807, 2.05) is 30.3 Å². The average Bonchev–Trinajstić information content (AvgIpc) is 3.05. The van der Waals surface area contributed by atoms with Crippen molar-refractivity contribution >= 4 is 23.7 Å². The van der Waals surface area contributed by atoms with Crippen molar-refractivity contribution < 1.29 is 9.59 Å². The van der Waals surface area contributed by atoms with Crippen LogP contribution >= 0.6 is 11.8 Å². The van der Waals surface area contributed by atoms with Crippen molar-refractivity contribution in [2.45, 2.75) is 50.6 Å². The van der Waals surface area contributed by atoms with E-state index in [1.54, 1.807) is 13.8 Å². The molecule has 1 heterocycles. The van der Waals surface area contributed by atoms with Crippen molar-refractivity contribution in [1.82, 2.24) is 25.4 Å². The molecule has 26 heavy (non-hydrogen) atoms. The summed E-state index contributed by atoms with van der Waals surface area (Å²) in [5, 5.41) is 13.7. The third-order valence-corrected chi connectivity index (χ3v) is 5.01. The van der Waals surface area contributed by atoms with Crippen LogP contribution in [0.25, 0.3) is 11.4 Å². The van der Waals surface area contributed by atoms with Crippen LogP contribution in [0, 0.1) is 0 Å². The zero-order chi connectivity index (χ0) is 19.1. The number of carbonyl (C=O) groups excluding carboxylic acids is 2. The molecule has 2 unspecified atom stereocenters. The van der Waals surface area contributed by atoms with Crippen LogP contribution in [-0.4, -0.2) is 38.5 Å². The summed E-state index contributed by atoms with van der Waals surface area (Å²) in [7, 11) is 0. The molecule has 0 fully saturated rings. The fraction of sp³-hybridized carbons (Fsp3) is 0.444. The molecule has 3 amide bonds. The molecule has 2 aromatic rings. The van der Waals surface area contributed by atoms with Gasteiger partial charge in [-0.1, -0.05) is 49.0 Å². The number of rotatable bonds is 7. The molecule has 0 saturated heterocycles. The number of amides is 3. The zero-order valence-electron chi connectivity index (χ0n) is 15.5. The van der Waals surface area contributed by atoms with E-state index in [-0.39, 0.29) is 11.9 Å². The highest BCUT2D eigenvalue weighted by atomic mass is 32.2. The Bertz CT molecular complexity index is 747. The van der Waals surface area contributed by atoms with E-state index < -0.39 is 11.3 Å². The van der Waals surface area contributed by atoms with Crippen molar-refractivity contribution in [2.75, 3.05) is 6.54 Å². The van der Waals surface area contributed by atoms with Crippen LogP contribution < -0.4 is 10.6 Å². The molecule has 1 aromatic heterocycles. The third kappa shape index (κ3) is 4.85. The molecule has 0 radical (unpaired) electrons. The van der Waals surface area contributed by atoms with E-state index >= 15 is 0 Å². The van der Waals surface area contributed by atoms with Gasteiger partial charge in [-0.15, -0.1) is 10.2 Å². The van der Waals surface area contributed by atoms with Crippen molar-refractivity contribution in [3.05, 3.63) is 30.3 Å². The molecule has 7 nitrogen and oxygen atoms in total. The molecule has 0 aliphatic heterocycles. The standard InChI is InChI=1S/C18H25N5O2S/c1-5-12(3)23-15(14-10-8-7-9-11-14)21-22-18(23)26-13(4)16(24)20-17(25)19-6-2/h7-13H,5-6H2,1-4H3,(H2,19,20,24,25). The lowest BCUT2D eigenvalue weighted by atomic mass is 10.2. The predicted molar refractivity (Wildman–Crippen MR) is 103 cm³/mol. The van der Waals surface area contributed by atoms with E-state index in [9.17, 15) is 9.59 Å². The minimum absolute atomic E-state index is 0.182. The second-order valence-electron chi connectivity index (χ2n) is 5.91. The summed E-state index contributed by atoms with van der Waals surface area (Å²) in [5.41, 5.74) is 0.978. The zero-order valence-corrected chi connectivity index (χ0v) is 16.3. The number of thioether (sulfide) groups is 1. The first kappa shape index (κ1) is 20.0. The fourth-order valence-electron chi connectivity index (χ4n) is 2.35. The van der Waals surface area contributed by atoms with E-state index in [2.05, 4.69) is 39.2 Å². The van der Waals surface area contributed by atoms with Crippen LogP contribution in [0.15, 0.2) is 35.5 Å². The molecule has 140 valence electrons. The fourth-order valence-corrected chi connectivity index (χ4v) is 3.30. The molecule has 2 atom stereocenters. The maximum atomic E-state index is 12.2. The summed E-state index contributed by atoms with van der Waals surface area (Å²) >= 11 is 1.29. The lowest BCUT2D eigenvalue weighted by Gasteiger charge is -2.18. The summed E-state index contributed by atoms with van der Waals surface area (Å²) in [6.07, 6.45) is 0.908. The van der Waals surface area contributed by atoms with Gasteiger partial charge < -0.3 is 5.32 Å². The molecular weight excluding hydrogens is 350 g/mol. The van der Waals surface area contributed by atoms with Gasteiger partial charge in [-0.3, -0.25) is 14.7 Å². The lowest BCUT2D eigenvalue weighted by Crippen LogP contribution is -2.42. The maximum absolute atomic E-state index is 12.2. The Kier molecular flexibility index (Phi) is 7.20. The molecule has 8 heteroatoms. The van der Waals surface area contributed by atoms with Crippen LogP contribution in [0.2, 0.25) is 0 Å². The predicted octanol–water partition coefficient (Wildman–Crippen LogP) is 3.24. The molecule has 0 spiro atoms. The Hall–Kier alpha value is -2.35. The Balaban J connectivity index is 2.22. The molecule has 1 aromatic carbocycles. The van der Waals surface area contributed by atoms with Crippen LogP contribution in [-0.2, 0) is 4.79 Å². The first-order chi connectivity index (χ1) is 12.5. The number of benzene rings is 1. The highest BCUT2D eigenvalue weighted by Gasteiger charge is 2.23. The van der Waals surface area contributed by atoms with E-state index in [1.165, 1.54) is 11.8 Å². The number of imide groups is 1. The average molecular weight is 375 g/mol. The molecule has 0 saturated carbocycles. The van der Waals surface area contributed by atoms with Gasteiger partial charge in [-0.2, -0.15) is 0 Å². The smallest absolute Gasteiger partial charge is 0.321 e. The Morgan fingerprint density at radius 1 is 1.15 bits per heavy atom. The topological polar surface area (TPSA) is 88.9 Å². The van der Waals surface area contributed by atoms with Crippen molar-refractivity contribution in [2.24, 2.45) is 0 Å². The lowest BCUT2D eigenvalue weighted by molar-refractivity contribution is -0.119. The monoisotopic (exact) mass is 375 g/mol. The summed E-state index contributed by atoms with van der Waals surface area (Å²) in [4.78, 5) is 23.7. The molecule has 0 bridgehead atoms. The normalized spacial score (nSPS) is 13.1. The molecular formula is C18H25N5O2S. The van der Waals surface area contributed by atoms with Gasteiger partial charge in [-0.05, 0) is 27.2 Å². The first-order valence-electron chi connectivity index (χ1n) is 8.73. The Morgan fingerprint density at radius 3 is 2.46 bits per heavy atom. The van der Waals surface area contributed by atoms with Gasteiger partial charge in [0.1, 0.15) is 0 Å². The van der Waals surface area contributed by atoms with Gasteiger partial charge in [0, 0.05) is 18.2 Å². The van der Waals surface area contributed by atoms with Crippen LogP contribution in [0.3, 0.4) is 0 Å². The highest BCUT2D eigenvalue weighted by molar-refractivity contribution is 8.00. The van der Waals surface area contributed by atoms with Crippen LogP contribution in [0.1, 0.15) is 40.2 Å². The minimum atomic E-state index is -0.488. The first-order valence-corrected chi connectivity index (χ1v) is 9.61. The second-order valence-corrected chi connectivity index (χ2v) is 7.22. The van der Waals surface area contributed by atoms with Gasteiger partial charge in [0.2, 0.25) is 5.91 Å². The highest BCUT2D eigenvalue weighted by Crippen LogP contribution is 2.30. The van der Waals surface area contributed by atoms with Gasteiger partial charge in [-0.25, -0.2) is 4.79 Å². The van der Waals surface area contributed by atoms with Crippen LogP contribution in [0.4, 0.5) is 4.79 Å². The SMILES string of the molecule is CCNC(=O)NC(=O)C(C)Sc1nnc(-c2ccccc2)n1C(C)CC. The number of nitrogens with one attached hydrogen (secondary N) is 2.